The SMILES string of the molecule is CC1(C)CC(NC2CC(NC(=O)OCc3ccccc3)C2)CC(C)(C)C1. The van der Waals surface area contributed by atoms with E-state index in [4.69, 9.17) is 4.74 Å². The molecule has 0 aliphatic heterocycles. The summed E-state index contributed by atoms with van der Waals surface area (Å²) in [5.41, 5.74) is 1.82. The molecule has 0 unspecified atom stereocenters. The number of hydrogen-bond acceptors (Lipinski definition) is 3. The molecule has 1 aromatic rings. The third kappa shape index (κ3) is 5.47. The van der Waals surface area contributed by atoms with Crippen LogP contribution in [0.25, 0.3) is 0 Å². The van der Waals surface area contributed by atoms with Crippen molar-refractivity contribution in [1.82, 2.24) is 10.6 Å². The standard InChI is InChI=1S/C22H34N2O2/c1-21(2)12-19(13-22(3,4)15-21)23-17-10-18(11-17)24-20(25)26-14-16-8-6-5-7-9-16/h5-9,17-19,23H,10-15H2,1-4H3,(H,24,25). The van der Waals surface area contributed by atoms with E-state index in [1.54, 1.807) is 0 Å². The molecule has 2 fully saturated rings. The summed E-state index contributed by atoms with van der Waals surface area (Å²) in [4.78, 5) is 11.9. The summed E-state index contributed by atoms with van der Waals surface area (Å²) >= 11 is 0. The molecular formula is C22H34N2O2. The monoisotopic (exact) mass is 358 g/mol. The zero-order valence-electron chi connectivity index (χ0n) is 16.7. The molecule has 4 heteroatoms. The normalized spacial score (nSPS) is 27.4. The summed E-state index contributed by atoms with van der Waals surface area (Å²) in [6.45, 7) is 9.87. The first-order valence-corrected chi connectivity index (χ1v) is 9.94. The van der Waals surface area contributed by atoms with E-state index in [1.807, 2.05) is 30.3 Å². The van der Waals surface area contributed by atoms with Crippen molar-refractivity contribution < 1.29 is 9.53 Å². The Kier molecular flexibility index (Phi) is 5.61. The van der Waals surface area contributed by atoms with Crippen LogP contribution in [-0.4, -0.2) is 24.2 Å². The zero-order chi connectivity index (χ0) is 18.8. The predicted octanol–water partition coefficient (Wildman–Crippen LogP) is 4.64. The molecule has 0 bridgehead atoms. The second-order valence-corrected chi connectivity index (χ2v) is 9.85. The molecule has 1 amide bonds. The molecule has 0 aromatic heterocycles. The molecule has 0 spiro atoms. The maximum atomic E-state index is 11.9. The lowest BCUT2D eigenvalue weighted by Gasteiger charge is -2.48. The van der Waals surface area contributed by atoms with Crippen LogP contribution in [0.1, 0.15) is 65.4 Å². The van der Waals surface area contributed by atoms with Crippen LogP contribution in [-0.2, 0) is 11.3 Å². The first-order valence-electron chi connectivity index (χ1n) is 9.94. The summed E-state index contributed by atoms with van der Waals surface area (Å²) in [5, 5.41) is 6.82. The molecule has 26 heavy (non-hydrogen) atoms. The Labute approximate surface area is 158 Å². The van der Waals surface area contributed by atoms with Crippen molar-refractivity contribution in [3.05, 3.63) is 35.9 Å². The van der Waals surface area contributed by atoms with E-state index < -0.39 is 0 Å². The van der Waals surface area contributed by atoms with Gasteiger partial charge in [-0.3, -0.25) is 0 Å². The number of carbonyl (C=O) groups is 1. The first kappa shape index (κ1) is 19.2. The van der Waals surface area contributed by atoms with E-state index in [1.165, 1.54) is 19.3 Å². The number of carbonyl (C=O) groups excluding carboxylic acids is 1. The minimum absolute atomic E-state index is 0.236. The van der Waals surface area contributed by atoms with Crippen LogP contribution < -0.4 is 10.6 Å². The van der Waals surface area contributed by atoms with Gasteiger partial charge in [-0.05, 0) is 48.5 Å². The van der Waals surface area contributed by atoms with Gasteiger partial charge in [-0.2, -0.15) is 0 Å². The quantitative estimate of drug-likeness (QED) is 0.806. The molecule has 0 saturated heterocycles. The highest BCUT2D eigenvalue weighted by Gasteiger charge is 2.40. The van der Waals surface area contributed by atoms with Gasteiger partial charge in [-0.25, -0.2) is 4.79 Å². The molecular weight excluding hydrogens is 324 g/mol. The largest absolute Gasteiger partial charge is 0.445 e. The van der Waals surface area contributed by atoms with Gasteiger partial charge in [-0.15, -0.1) is 0 Å². The molecule has 0 atom stereocenters. The average molecular weight is 359 g/mol. The van der Waals surface area contributed by atoms with Gasteiger partial charge in [0.05, 0.1) is 0 Å². The van der Waals surface area contributed by atoms with Gasteiger partial charge in [0.2, 0.25) is 0 Å². The molecule has 3 rings (SSSR count). The average Bonchev–Trinajstić information content (AvgIpc) is 2.49. The van der Waals surface area contributed by atoms with E-state index in [2.05, 4.69) is 38.3 Å². The number of rotatable bonds is 5. The van der Waals surface area contributed by atoms with Crippen LogP contribution in [0.2, 0.25) is 0 Å². The first-order chi connectivity index (χ1) is 12.2. The summed E-state index contributed by atoms with van der Waals surface area (Å²) in [5.74, 6) is 0. The van der Waals surface area contributed by atoms with E-state index in [-0.39, 0.29) is 12.1 Å². The number of amides is 1. The lowest BCUT2D eigenvalue weighted by atomic mass is 9.63. The Morgan fingerprint density at radius 1 is 1.00 bits per heavy atom. The summed E-state index contributed by atoms with van der Waals surface area (Å²) in [6.07, 6.45) is 5.46. The van der Waals surface area contributed by atoms with Gasteiger partial charge >= 0.3 is 6.09 Å². The highest BCUT2D eigenvalue weighted by molar-refractivity contribution is 5.67. The van der Waals surface area contributed by atoms with Crippen molar-refractivity contribution in [3.63, 3.8) is 0 Å². The second kappa shape index (κ2) is 7.59. The third-order valence-electron chi connectivity index (χ3n) is 5.70. The van der Waals surface area contributed by atoms with Crippen molar-refractivity contribution in [1.29, 1.82) is 0 Å². The van der Waals surface area contributed by atoms with Crippen LogP contribution in [0.15, 0.2) is 30.3 Å². The second-order valence-electron chi connectivity index (χ2n) is 9.85. The zero-order valence-corrected chi connectivity index (χ0v) is 16.7. The van der Waals surface area contributed by atoms with Crippen LogP contribution >= 0.6 is 0 Å². The van der Waals surface area contributed by atoms with Crippen molar-refractivity contribution in [2.24, 2.45) is 10.8 Å². The summed E-state index contributed by atoms with van der Waals surface area (Å²) < 4.78 is 5.30. The van der Waals surface area contributed by atoms with E-state index in [9.17, 15) is 4.79 Å². The number of nitrogens with one attached hydrogen (secondary N) is 2. The number of hydrogen-bond donors (Lipinski definition) is 2. The molecule has 0 heterocycles. The van der Waals surface area contributed by atoms with Gasteiger partial charge in [0.25, 0.3) is 0 Å². The fraction of sp³-hybridized carbons (Fsp3) is 0.682. The maximum Gasteiger partial charge on any atom is 0.407 e. The van der Waals surface area contributed by atoms with E-state index in [0.717, 1.165) is 18.4 Å². The molecule has 2 aliphatic carbocycles. The third-order valence-corrected chi connectivity index (χ3v) is 5.70. The Morgan fingerprint density at radius 3 is 2.23 bits per heavy atom. The Morgan fingerprint density at radius 2 is 1.62 bits per heavy atom. The van der Waals surface area contributed by atoms with E-state index >= 15 is 0 Å². The Bertz CT molecular complexity index is 590. The van der Waals surface area contributed by atoms with Crippen LogP contribution in [0, 0.1) is 10.8 Å². The smallest absolute Gasteiger partial charge is 0.407 e. The van der Waals surface area contributed by atoms with Crippen LogP contribution in [0.3, 0.4) is 0 Å². The van der Waals surface area contributed by atoms with E-state index in [0.29, 0.717) is 29.5 Å². The van der Waals surface area contributed by atoms with Gasteiger partial charge in [0.15, 0.2) is 0 Å². The number of alkyl carbamates (subject to hydrolysis) is 1. The fourth-order valence-electron chi connectivity index (χ4n) is 5.10. The fourth-order valence-corrected chi connectivity index (χ4v) is 5.10. The van der Waals surface area contributed by atoms with Crippen LogP contribution in [0.4, 0.5) is 4.79 Å². The lowest BCUT2D eigenvalue weighted by Crippen LogP contribution is -2.56. The molecule has 2 aliphatic rings. The lowest BCUT2D eigenvalue weighted by molar-refractivity contribution is 0.0697. The molecule has 1 aromatic carbocycles. The highest BCUT2D eigenvalue weighted by atomic mass is 16.5. The van der Waals surface area contributed by atoms with Gasteiger partial charge in [0.1, 0.15) is 6.61 Å². The van der Waals surface area contributed by atoms with Crippen LogP contribution in [0.5, 0.6) is 0 Å². The molecule has 2 N–H and O–H groups in total. The molecule has 4 nitrogen and oxygen atoms in total. The highest BCUT2D eigenvalue weighted by Crippen LogP contribution is 2.46. The van der Waals surface area contributed by atoms with Gasteiger partial charge in [0, 0.05) is 18.1 Å². The topological polar surface area (TPSA) is 50.4 Å². The predicted molar refractivity (Wildman–Crippen MR) is 105 cm³/mol. The number of benzene rings is 1. The van der Waals surface area contributed by atoms with Crippen molar-refractivity contribution in [2.75, 3.05) is 0 Å². The van der Waals surface area contributed by atoms with Gasteiger partial charge < -0.3 is 15.4 Å². The Balaban J connectivity index is 1.36. The minimum atomic E-state index is -0.308. The maximum absolute atomic E-state index is 11.9. The van der Waals surface area contributed by atoms with Gasteiger partial charge in [-0.1, -0.05) is 58.0 Å². The van der Waals surface area contributed by atoms with Crippen molar-refractivity contribution in [3.8, 4) is 0 Å². The minimum Gasteiger partial charge on any atom is -0.445 e. The Hall–Kier alpha value is -1.55. The summed E-state index contributed by atoms with van der Waals surface area (Å²) in [7, 11) is 0. The number of ether oxygens (including phenoxy) is 1. The van der Waals surface area contributed by atoms with Crippen molar-refractivity contribution >= 4 is 6.09 Å². The summed E-state index contributed by atoms with van der Waals surface area (Å²) in [6, 6.07) is 11.1. The molecule has 2 saturated carbocycles. The molecule has 144 valence electrons. The molecule has 0 radical (unpaired) electrons. The van der Waals surface area contributed by atoms with Crippen molar-refractivity contribution in [2.45, 2.75) is 84.5 Å².